The molecule has 0 heterocycles. The average Bonchev–Trinajstić information content (AvgIpc) is 2.38. The SMILES string of the molecule is CCCCC(=O)NC(=S)Nc1ccc(O)c(C(=O)O)c1. The number of rotatable bonds is 5. The van der Waals surface area contributed by atoms with Gasteiger partial charge in [0, 0.05) is 12.1 Å². The Hall–Kier alpha value is -2.15. The first-order valence-electron chi connectivity index (χ1n) is 6.11. The zero-order valence-corrected chi connectivity index (χ0v) is 11.8. The summed E-state index contributed by atoms with van der Waals surface area (Å²) in [4.78, 5) is 22.3. The minimum absolute atomic E-state index is 0.0909. The second kappa shape index (κ2) is 7.44. The summed E-state index contributed by atoms with van der Waals surface area (Å²) in [5.41, 5.74) is 0.135. The standard InChI is InChI=1S/C13H16N2O4S/c1-2-3-4-11(17)15-13(20)14-8-5-6-10(16)9(7-8)12(18)19/h5-7,16H,2-4H2,1H3,(H,18,19)(H2,14,15,17,20). The van der Waals surface area contributed by atoms with Gasteiger partial charge in [0.25, 0.3) is 0 Å². The molecule has 0 saturated heterocycles. The first kappa shape index (κ1) is 15.9. The number of hydrogen-bond acceptors (Lipinski definition) is 4. The summed E-state index contributed by atoms with van der Waals surface area (Å²) in [5, 5.41) is 23.5. The summed E-state index contributed by atoms with van der Waals surface area (Å²) < 4.78 is 0. The number of benzene rings is 1. The minimum atomic E-state index is -1.25. The number of carbonyl (C=O) groups excluding carboxylic acids is 1. The zero-order chi connectivity index (χ0) is 15.1. The molecule has 0 bridgehead atoms. The third-order valence-electron chi connectivity index (χ3n) is 2.50. The molecule has 1 aromatic rings. The molecule has 0 radical (unpaired) electrons. The van der Waals surface area contributed by atoms with Crippen LogP contribution < -0.4 is 10.6 Å². The number of aromatic carboxylic acids is 1. The number of carboxylic acid groups (broad SMARTS) is 1. The van der Waals surface area contributed by atoms with E-state index in [0.717, 1.165) is 12.8 Å². The van der Waals surface area contributed by atoms with E-state index < -0.39 is 5.97 Å². The summed E-state index contributed by atoms with van der Waals surface area (Å²) in [7, 11) is 0. The van der Waals surface area contributed by atoms with Gasteiger partial charge in [0.15, 0.2) is 5.11 Å². The topological polar surface area (TPSA) is 98.7 Å². The number of aromatic hydroxyl groups is 1. The van der Waals surface area contributed by atoms with E-state index in [1.807, 2.05) is 6.92 Å². The summed E-state index contributed by atoms with van der Waals surface area (Å²) >= 11 is 4.95. The molecule has 1 aromatic carbocycles. The van der Waals surface area contributed by atoms with Crippen molar-refractivity contribution in [1.82, 2.24) is 5.32 Å². The van der Waals surface area contributed by atoms with E-state index in [0.29, 0.717) is 12.1 Å². The number of thiocarbonyl (C=S) groups is 1. The number of amides is 1. The monoisotopic (exact) mass is 296 g/mol. The van der Waals surface area contributed by atoms with Gasteiger partial charge in [-0.1, -0.05) is 13.3 Å². The van der Waals surface area contributed by atoms with E-state index in [1.165, 1.54) is 18.2 Å². The first-order valence-corrected chi connectivity index (χ1v) is 6.52. The van der Waals surface area contributed by atoms with Crippen LogP contribution in [0.2, 0.25) is 0 Å². The maximum Gasteiger partial charge on any atom is 0.339 e. The van der Waals surface area contributed by atoms with Crippen LogP contribution >= 0.6 is 12.2 Å². The van der Waals surface area contributed by atoms with Gasteiger partial charge in [-0.2, -0.15) is 0 Å². The van der Waals surface area contributed by atoms with Gasteiger partial charge < -0.3 is 20.8 Å². The Morgan fingerprint density at radius 1 is 1.35 bits per heavy atom. The Morgan fingerprint density at radius 3 is 2.65 bits per heavy atom. The second-order valence-electron chi connectivity index (χ2n) is 4.14. The van der Waals surface area contributed by atoms with Crippen molar-refractivity contribution in [1.29, 1.82) is 0 Å². The molecule has 20 heavy (non-hydrogen) atoms. The van der Waals surface area contributed by atoms with E-state index in [4.69, 9.17) is 17.3 Å². The van der Waals surface area contributed by atoms with E-state index >= 15 is 0 Å². The van der Waals surface area contributed by atoms with Gasteiger partial charge in [-0.25, -0.2) is 4.79 Å². The maximum atomic E-state index is 11.5. The lowest BCUT2D eigenvalue weighted by Crippen LogP contribution is -2.33. The maximum absolute atomic E-state index is 11.5. The van der Waals surface area contributed by atoms with Crippen LogP contribution in [0.1, 0.15) is 36.5 Å². The van der Waals surface area contributed by atoms with Crippen molar-refractivity contribution >= 4 is 34.9 Å². The van der Waals surface area contributed by atoms with Gasteiger partial charge in [0.05, 0.1) is 0 Å². The zero-order valence-electron chi connectivity index (χ0n) is 11.0. The van der Waals surface area contributed by atoms with E-state index in [2.05, 4.69) is 10.6 Å². The summed E-state index contributed by atoms with van der Waals surface area (Å²) in [6.07, 6.45) is 2.07. The highest BCUT2D eigenvalue weighted by atomic mass is 32.1. The van der Waals surface area contributed by atoms with Crippen molar-refractivity contribution in [3.8, 4) is 5.75 Å². The second-order valence-corrected chi connectivity index (χ2v) is 4.55. The van der Waals surface area contributed by atoms with Crippen LogP contribution in [-0.2, 0) is 4.79 Å². The molecular formula is C13H16N2O4S. The highest BCUT2D eigenvalue weighted by Gasteiger charge is 2.11. The lowest BCUT2D eigenvalue weighted by atomic mass is 10.2. The Bertz CT molecular complexity index is 531. The molecule has 7 heteroatoms. The molecule has 0 spiro atoms. The van der Waals surface area contributed by atoms with Crippen molar-refractivity contribution in [3.05, 3.63) is 23.8 Å². The fourth-order valence-electron chi connectivity index (χ4n) is 1.47. The molecule has 0 saturated carbocycles. The van der Waals surface area contributed by atoms with E-state index in [9.17, 15) is 14.7 Å². The van der Waals surface area contributed by atoms with Gasteiger partial charge in [-0.05, 0) is 36.8 Å². The average molecular weight is 296 g/mol. The molecule has 1 rings (SSSR count). The van der Waals surface area contributed by atoms with E-state index in [-0.39, 0.29) is 22.3 Å². The number of carbonyl (C=O) groups is 2. The fraction of sp³-hybridized carbons (Fsp3) is 0.308. The van der Waals surface area contributed by atoms with Gasteiger partial charge in [0.1, 0.15) is 11.3 Å². The Balaban J connectivity index is 2.64. The van der Waals surface area contributed by atoms with Crippen LogP contribution in [0.15, 0.2) is 18.2 Å². The first-order chi connectivity index (χ1) is 9.43. The smallest absolute Gasteiger partial charge is 0.339 e. The summed E-state index contributed by atoms with van der Waals surface area (Å²) in [6.45, 7) is 1.98. The van der Waals surface area contributed by atoms with Gasteiger partial charge in [-0.15, -0.1) is 0 Å². The van der Waals surface area contributed by atoms with Crippen LogP contribution in [0.25, 0.3) is 0 Å². The quantitative estimate of drug-likeness (QED) is 0.490. The third kappa shape index (κ3) is 4.85. The van der Waals surface area contributed by atoms with Gasteiger partial charge in [0.2, 0.25) is 5.91 Å². The lowest BCUT2D eigenvalue weighted by Gasteiger charge is -2.10. The third-order valence-corrected chi connectivity index (χ3v) is 2.70. The Morgan fingerprint density at radius 2 is 2.05 bits per heavy atom. The number of anilines is 1. The lowest BCUT2D eigenvalue weighted by molar-refractivity contribution is -0.119. The number of hydrogen-bond donors (Lipinski definition) is 4. The molecule has 0 aliphatic rings. The van der Waals surface area contributed by atoms with Crippen LogP contribution in [0.3, 0.4) is 0 Å². The normalized spacial score (nSPS) is 9.85. The molecule has 6 nitrogen and oxygen atoms in total. The van der Waals surface area contributed by atoms with Gasteiger partial charge >= 0.3 is 5.97 Å². The minimum Gasteiger partial charge on any atom is -0.507 e. The van der Waals surface area contributed by atoms with Gasteiger partial charge in [-0.3, -0.25) is 4.79 Å². The molecule has 0 aliphatic carbocycles. The summed E-state index contributed by atoms with van der Waals surface area (Å²) in [5.74, 6) is -1.77. The van der Waals surface area contributed by atoms with Crippen molar-refractivity contribution in [3.63, 3.8) is 0 Å². The molecule has 4 N–H and O–H groups in total. The predicted molar refractivity (Wildman–Crippen MR) is 79.0 cm³/mol. The Labute approximate surface area is 121 Å². The van der Waals surface area contributed by atoms with Crippen molar-refractivity contribution < 1.29 is 19.8 Å². The van der Waals surface area contributed by atoms with Crippen LogP contribution in [0.4, 0.5) is 5.69 Å². The van der Waals surface area contributed by atoms with Crippen molar-refractivity contribution in [2.45, 2.75) is 26.2 Å². The highest BCUT2D eigenvalue weighted by molar-refractivity contribution is 7.80. The molecular weight excluding hydrogens is 280 g/mol. The molecule has 1 amide bonds. The molecule has 0 unspecified atom stereocenters. The number of phenols is 1. The molecule has 0 aliphatic heterocycles. The molecule has 0 fully saturated rings. The Kier molecular flexibility index (Phi) is 5.92. The number of unbranched alkanes of at least 4 members (excludes halogenated alkanes) is 1. The number of nitrogens with one attached hydrogen (secondary N) is 2. The van der Waals surface area contributed by atoms with Crippen LogP contribution in [-0.4, -0.2) is 27.2 Å². The van der Waals surface area contributed by atoms with Crippen LogP contribution in [0, 0.1) is 0 Å². The van der Waals surface area contributed by atoms with E-state index in [1.54, 1.807) is 0 Å². The molecule has 108 valence electrons. The highest BCUT2D eigenvalue weighted by Crippen LogP contribution is 2.21. The largest absolute Gasteiger partial charge is 0.507 e. The summed E-state index contributed by atoms with van der Waals surface area (Å²) in [6, 6.07) is 3.95. The molecule has 0 atom stereocenters. The number of carboxylic acids is 1. The predicted octanol–water partition coefficient (Wildman–Crippen LogP) is 2.09. The molecule has 0 aromatic heterocycles. The van der Waals surface area contributed by atoms with Crippen LogP contribution in [0.5, 0.6) is 5.75 Å². The fourth-order valence-corrected chi connectivity index (χ4v) is 1.71. The van der Waals surface area contributed by atoms with Crippen molar-refractivity contribution in [2.24, 2.45) is 0 Å². The van der Waals surface area contributed by atoms with Crippen molar-refractivity contribution in [2.75, 3.05) is 5.32 Å².